The van der Waals surface area contributed by atoms with Crippen molar-refractivity contribution >= 4 is 5.78 Å². The van der Waals surface area contributed by atoms with E-state index in [1.807, 2.05) is 0 Å². The van der Waals surface area contributed by atoms with Gasteiger partial charge in [-0.1, -0.05) is 0 Å². The van der Waals surface area contributed by atoms with E-state index in [9.17, 15) is 9.59 Å². The van der Waals surface area contributed by atoms with Crippen molar-refractivity contribution in [1.82, 2.24) is 9.55 Å². The summed E-state index contributed by atoms with van der Waals surface area (Å²) in [6, 6.07) is 1.53. The minimum atomic E-state index is -0.0535. The number of aromatic nitrogens is 2. The van der Waals surface area contributed by atoms with Crippen LogP contribution in [0.3, 0.4) is 0 Å². The van der Waals surface area contributed by atoms with Crippen molar-refractivity contribution in [1.29, 1.82) is 0 Å². The second kappa shape index (κ2) is 3.96. The fourth-order valence-electron chi connectivity index (χ4n) is 2.01. The third-order valence-corrected chi connectivity index (χ3v) is 2.82. The summed E-state index contributed by atoms with van der Waals surface area (Å²) >= 11 is 0. The van der Waals surface area contributed by atoms with E-state index in [0.717, 1.165) is 18.5 Å². The van der Waals surface area contributed by atoms with Crippen molar-refractivity contribution in [3.63, 3.8) is 0 Å². The maximum Gasteiger partial charge on any atom is 0.253 e. The van der Waals surface area contributed by atoms with Gasteiger partial charge in [0.2, 0.25) is 0 Å². The molecule has 0 aliphatic heterocycles. The highest BCUT2D eigenvalue weighted by Gasteiger charge is 2.21. The van der Waals surface area contributed by atoms with Gasteiger partial charge in [-0.15, -0.1) is 0 Å². The monoisotopic (exact) mass is 206 g/mol. The first-order valence-electron chi connectivity index (χ1n) is 5.23. The first-order chi connectivity index (χ1) is 7.16. The zero-order chi connectivity index (χ0) is 10.8. The molecule has 0 saturated heterocycles. The van der Waals surface area contributed by atoms with Crippen LogP contribution >= 0.6 is 0 Å². The first kappa shape index (κ1) is 10.1. The van der Waals surface area contributed by atoms with Gasteiger partial charge in [-0.05, 0) is 19.8 Å². The number of nitrogens with zero attached hydrogens (tertiary/aromatic N) is 2. The molecule has 1 aromatic heterocycles. The minimum absolute atomic E-state index is 0.0202. The molecule has 0 spiro atoms. The Bertz CT molecular complexity index is 436. The van der Waals surface area contributed by atoms with E-state index >= 15 is 0 Å². The number of aryl methyl sites for hydroxylation is 1. The van der Waals surface area contributed by atoms with Crippen LogP contribution in [0.2, 0.25) is 0 Å². The summed E-state index contributed by atoms with van der Waals surface area (Å²) in [7, 11) is 0. The van der Waals surface area contributed by atoms with Crippen LogP contribution in [0.5, 0.6) is 0 Å². The second-order valence-corrected chi connectivity index (χ2v) is 4.06. The highest BCUT2D eigenvalue weighted by atomic mass is 16.1. The van der Waals surface area contributed by atoms with Crippen molar-refractivity contribution in [2.75, 3.05) is 0 Å². The van der Waals surface area contributed by atoms with E-state index in [-0.39, 0.29) is 17.4 Å². The lowest BCUT2D eigenvalue weighted by atomic mass is 9.94. The summed E-state index contributed by atoms with van der Waals surface area (Å²) in [5.74, 6) is 0.249. The van der Waals surface area contributed by atoms with Gasteiger partial charge >= 0.3 is 0 Å². The normalized spacial score (nSPS) is 21.7. The fraction of sp³-hybridized carbons (Fsp3) is 0.545. The van der Waals surface area contributed by atoms with Crippen LogP contribution in [0, 0.1) is 6.92 Å². The lowest BCUT2D eigenvalue weighted by Crippen LogP contribution is -2.28. The molecule has 1 saturated carbocycles. The molecule has 1 aliphatic carbocycles. The Labute approximate surface area is 88.0 Å². The Kier molecular flexibility index (Phi) is 2.66. The van der Waals surface area contributed by atoms with Gasteiger partial charge in [0.25, 0.3) is 5.56 Å². The predicted molar refractivity (Wildman–Crippen MR) is 55.7 cm³/mol. The SMILES string of the molecule is Cc1cc(=O)n(C2CCCC(=O)C2)cn1. The third-order valence-electron chi connectivity index (χ3n) is 2.82. The average Bonchev–Trinajstić information content (AvgIpc) is 2.17. The maximum atomic E-state index is 11.7. The largest absolute Gasteiger partial charge is 0.300 e. The van der Waals surface area contributed by atoms with Gasteiger partial charge in [0.1, 0.15) is 5.78 Å². The van der Waals surface area contributed by atoms with Crippen molar-refractivity contribution < 1.29 is 4.79 Å². The molecule has 0 aromatic carbocycles. The van der Waals surface area contributed by atoms with Crippen molar-refractivity contribution in [3.05, 3.63) is 28.4 Å². The number of carbonyl (C=O) groups is 1. The van der Waals surface area contributed by atoms with Gasteiger partial charge in [0, 0.05) is 30.6 Å². The lowest BCUT2D eigenvalue weighted by Gasteiger charge is -2.22. The molecule has 0 N–H and O–H groups in total. The van der Waals surface area contributed by atoms with Crippen molar-refractivity contribution in [2.24, 2.45) is 0 Å². The molecule has 2 rings (SSSR count). The molecule has 1 atom stereocenters. The summed E-state index contributed by atoms with van der Waals surface area (Å²) in [5.41, 5.74) is 0.667. The number of hydrogen-bond acceptors (Lipinski definition) is 3. The Balaban J connectivity index is 2.29. The molecule has 4 heteroatoms. The van der Waals surface area contributed by atoms with E-state index in [2.05, 4.69) is 4.98 Å². The summed E-state index contributed by atoms with van der Waals surface area (Å²) < 4.78 is 1.59. The fourth-order valence-corrected chi connectivity index (χ4v) is 2.01. The van der Waals surface area contributed by atoms with Crippen molar-refractivity contribution in [3.8, 4) is 0 Å². The van der Waals surface area contributed by atoms with Crippen LogP contribution < -0.4 is 5.56 Å². The van der Waals surface area contributed by atoms with Gasteiger partial charge < -0.3 is 0 Å². The zero-order valence-electron chi connectivity index (χ0n) is 8.77. The maximum absolute atomic E-state index is 11.7. The minimum Gasteiger partial charge on any atom is -0.300 e. The Morgan fingerprint density at radius 1 is 1.47 bits per heavy atom. The number of ketones is 1. The van der Waals surface area contributed by atoms with Gasteiger partial charge in [0.15, 0.2) is 0 Å². The molecule has 0 bridgehead atoms. The van der Waals surface area contributed by atoms with Crippen LogP contribution in [0.1, 0.15) is 37.4 Å². The smallest absolute Gasteiger partial charge is 0.253 e. The van der Waals surface area contributed by atoms with Gasteiger partial charge in [-0.25, -0.2) is 4.98 Å². The predicted octanol–water partition coefficient (Wildman–Crippen LogP) is 1.24. The summed E-state index contributed by atoms with van der Waals surface area (Å²) in [6.07, 6.45) is 4.47. The molecule has 1 heterocycles. The number of Topliss-reactive ketones (excluding diaryl/α,β-unsaturated/α-hetero) is 1. The van der Waals surface area contributed by atoms with Crippen LogP contribution in [0.15, 0.2) is 17.2 Å². The summed E-state index contributed by atoms with van der Waals surface area (Å²) in [5, 5.41) is 0. The van der Waals surface area contributed by atoms with E-state index < -0.39 is 0 Å². The quantitative estimate of drug-likeness (QED) is 0.694. The molecule has 1 aromatic rings. The van der Waals surface area contributed by atoms with Gasteiger partial charge in [-0.3, -0.25) is 14.2 Å². The van der Waals surface area contributed by atoms with E-state index in [4.69, 9.17) is 0 Å². The number of hydrogen-bond donors (Lipinski definition) is 0. The van der Waals surface area contributed by atoms with Gasteiger partial charge in [-0.2, -0.15) is 0 Å². The Morgan fingerprint density at radius 3 is 2.93 bits per heavy atom. The number of rotatable bonds is 1. The Morgan fingerprint density at radius 2 is 2.27 bits per heavy atom. The lowest BCUT2D eigenvalue weighted by molar-refractivity contribution is -0.121. The van der Waals surface area contributed by atoms with Crippen LogP contribution in [0.25, 0.3) is 0 Å². The molecule has 1 aliphatic rings. The topological polar surface area (TPSA) is 52.0 Å². The standard InChI is InChI=1S/C11H14N2O2/c1-8-5-11(15)13(7-12-8)9-3-2-4-10(14)6-9/h5,7,9H,2-4,6H2,1H3. The van der Waals surface area contributed by atoms with Crippen LogP contribution in [-0.4, -0.2) is 15.3 Å². The highest BCUT2D eigenvalue weighted by Crippen LogP contribution is 2.24. The zero-order valence-corrected chi connectivity index (χ0v) is 8.77. The molecule has 15 heavy (non-hydrogen) atoms. The molecule has 4 nitrogen and oxygen atoms in total. The molecule has 1 unspecified atom stereocenters. The molecule has 0 amide bonds. The van der Waals surface area contributed by atoms with Crippen LogP contribution in [-0.2, 0) is 4.79 Å². The average molecular weight is 206 g/mol. The first-order valence-corrected chi connectivity index (χ1v) is 5.23. The van der Waals surface area contributed by atoms with E-state index in [1.165, 1.54) is 6.07 Å². The van der Waals surface area contributed by atoms with Gasteiger partial charge in [0.05, 0.1) is 6.33 Å². The highest BCUT2D eigenvalue weighted by molar-refractivity contribution is 5.79. The molecular formula is C11H14N2O2. The van der Waals surface area contributed by atoms with E-state index in [1.54, 1.807) is 17.8 Å². The van der Waals surface area contributed by atoms with Crippen LogP contribution in [0.4, 0.5) is 0 Å². The Hall–Kier alpha value is -1.45. The summed E-state index contributed by atoms with van der Waals surface area (Å²) in [4.78, 5) is 27.0. The summed E-state index contributed by atoms with van der Waals surface area (Å²) in [6.45, 7) is 1.79. The third kappa shape index (κ3) is 2.14. The molecule has 0 radical (unpaired) electrons. The second-order valence-electron chi connectivity index (χ2n) is 4.06. The molecule has 80 valence electrons. The molecular weight excluding hydrogens is 192 g/mol. The molecule has 1 fully saturated rings. The van der Waals surface area contributed by atoms with E-state index in [0.29, 0.717) is 12.8 Å². The van der Waals surface area contributed by atoms with Crippen molar-refractivity contribution in [2.45, 2.75) is 38.6 Å². The number of carbonyl (C=O) groups excluding carboxylic acids is 1.